The number of hydrogen-bond donors (Lipinski definition) is 1. The van der Waals surface area contributed by atoms with Crippen molar-refractivity contribution in [1.82, 2.24) is 24.7 Å². The van der Waals surface area contributed by atoms with Crippen LogP contribution in [0.2, 0.25) is 0 Å². The lowest BCUT2D eigenvalue weighted by Crippen LogP contribution is -2.02. The second-order valence-electron chi connectivity index (χ2n) is 5.70. The Kier molecular flexibility index (Phi) is 3.95. The summed E-state index contributed by atoms with van der Waals surface area (Å²) in [7, 11) is 0. The van der Waals surface area contributed by atoms with E-state index in [0.717, 1.165) is 28.6 Å². The van der Waals surface area contributed by atoms with Gasteiger partial charge >= 0.3 is 0 Å². The first-order valence-electron chi connectivity index (χ1n) is 8.15. The Labute approximate surface area is 144 Å². The minimum atomic E-state index is -0.101. The van der Waals surface area contributed by atoms with Crippen molar-refractivity contribution in [3.05, 3.63) is 66.2 Å². The number of rotatable bonds is 4. The lowest BCUT2D eigenvalue weighted by Gasteiger charge is -2.06. The number of pyridine rings is 1. The third-order valence-corrected chi connectivity index (χ3v) is 4.08. The van der Waals surface area contributed by atoms with E-state index in [2.05, 4.69) is 27.0 Å². The van der Waals surface area contributed by atoms with Crippen LogP contribution >= 0.6 is 0 Å². The summed E-state index contributed by atoms with van der Waals surface area (Å²) in [5.74, 6) is 1.37. The molecule has 0 aliphatic rings. The SMILES string of the molecule is CCc1ccnc(-c2ccc3cnn(-c4cccc(CO)n4)c3c2)n1. The van der Waals surface area contributed by atoms with Crippen LogP contribution in [0.15, 0.2) is 54.9 Å². The maximum absolute atomic E-state index is 9.31. The summed E-state index contributed by atoms with van der Waals surface area (Å²) in [6, 6.07) is 13.5. The first kappa shape index (κ1) is 15.4. The van der Waals surface area contributed by atoms with Gasteiger partial charge in [0.2, 0.25) is 0 Å². The van der Waals surface area contributed by atoms with Crippen LogP contribution in [-0.4, -0.2) is 29.8 Å². The highest BCUT2D eigenvalue weighted by molar-refractivity contribution is 5.84. The van der Waals surface area contributed by atoms with Gasteiger partial charge in [0, 0.05) is 22.8 Å². The summed E-state index contributed by atoms with van der Waals surface area (Å²) in [6.07, 6.45) is 4.46. The molecule has 0 aliphatic heterocycles. The van der Waals surface area contributed by atoms with Crippen LogP contribution in [0.4, 0.5) is 0 Å². The maximum atomic E-state index is 9.31. The van der Waals surface area contributed by atoms with Gasteiger partial charge in [-0.1, -0.05) is 25.1 Å². The molecule has 4 rings (SSSR count). The summed E-state index contributed by atoms with van der Waals surface area (Å²) < 4.78 is 1.77. The Bertz CT molecular complexity index is 1040. The van der Waals surface area contributed by atoms with Gasteiger partial charge < -0.3 is 5.11 Å². The lowest BCUT2D eigenvalue weighted by molar-refractivity contribution is 0.276. The summed E-state index contributed by atoms with van der Waals surface area (Å²) in [6.45, 7) is 1.97. The van der Waals surface area contributed by atoms with E-state index in [1.165, 1.54) is 0 Å². The van der Waals surface area contributed by atoms with Gasteiger partial charge in [-0.3, -0.25) is 0 Å². The van der Waals surface area contributed by atoms with Gasteiger partial charge in [0.05, 0.1) is 24.0 Å². The lowest BCUT2D eigenvalue weighted by atomic mass is 10.1. The van der Waals surface area contributed by atoms with Crippen LogP contribution in [0.25, 0.3) is 28.1 Å². The van der Waals surface area contributed by atoms with E-state index in [4.69, 9.17) is 0 Å². The Balaban J connectivity index is 1.84. The number of aliphatic hydroxyl groups is 1. The normalized spacial score (nSPS) is 11.1. The van der Waals surface area contributed by atoms with Gasteiger partial charge in [-0.25, -0.2) is 19.6 Å². The number of nitrogens with zero attached hydrogens (tertiary/aromatic N) is 5. The summed E-state index contributed by atoms with van der Waals surface area (Å²) in [5, 5.41) is 14.8. The van der Waals surface area contributed by atoms with Gasteiger partial charge in [0.1, 0.15) is 0 Å². The fourth-order valence-corrected chi connectivity index (χ4v) is 2.75. The van der Waals surface area contributed by atoms with Crippen LogP contribution in [0.5, 0.6) is 0 Å². The molecule has 3 heterocycles. The molecular formula is C19H17N5O. The first-order chi connectivity index (χ1) is 12.3. The number of aliphatic hydroxyl groups excluding tert-OH is 1. The zero-order valence-corrected chi connectivity index (χ0v) is 13.8. The standard InChI is InChI=1S/C19H17N5O/c1-2-15-8-9-20-19(23-15)13-6-7-14-11-21-24(17(14)10-13)18-5-3-4-16(12-25)22-18/h3-11,25H,2,12H2,1H3. The molecule has 1 N–H and O–H groups in total. The van der Waals surface area contributed by atoms with Crippen molar-refractivity contribution in [1.29, 1.82) is 0 Å². The van der Waals surface area contributed by atoms with E-state index in [9.17, 15) is 5.11 Å². The van der Waals surface area contributed by atoms with Gasteiger partial charge in [-0.15, -0.1) is 0 Å². The highest BCUT2D eigenvalue weighted by atomic mass is 16.3. The number of hydrogen-bond acceptors (Lipinski definition) is 5. The van der Waals surface area contributed by atoms with Gasteiger partial charge in [-0.05, 0) is 30.7 Å². The highest BCUT2D eigenvalue weighted by Gasteiger charge is 2.10. The molecule has 124 valence electrons. The number of aromatic nitrogens is 5. The van der Waals surface area contributed by atoms with E-state index in [0.29, 0.717) is 17.3 Å². The second-order valence-corrected chi connectivity index (χ2v) is 5.70. The first-order valence-corrected chi connectivity index (χ1v) is 8.15. The monoisotopic (exact) mass is 331 g/mol. The van der Waals surface area contributed by atoms with Crippen molar-refractivity contribution >= 4 is 10.9 Å². The fraction of sp³-hybridized carbons (Fsp3) is 0.158. The third-order valence-electron chi connectivity index (χ3n) is 4.08. The Morgan fingerprint density at radius 1 is 1.04 bits per heavy atom. The molecule has 0 atom stereocenters. The van der Waals surface area contributed by atoms with E-state index >= 15 is 0 Å². The number of fused-ring (bicyclic) bond motifs is 1. The quantitative estimate of drug-likeness (QED) is 0.622. The second kappa shape index (κ2) is 6.41. The van der Waals surface area contributed by atoms with E-state index in [1.807, 2.05) is 36.4 Å². The van der Waals surface area contributed by atoms with Crippen LogP contribution in [0.1, 0.15) is 18.3 Å². The molecule has 0 amide bonds. The van der Waals surface area contributed by atoms with Crippen LogP contribution < -0.4 is 0 Å². The molecule has 0 saturated carbocycles. The molecule has 0 fully saturated rings. The zero-order valence-electron chi connectivity index (χ0n) is 13.8. The average molecular weight is 331 g/mol. The van der Waals surface area contributed by atoms with Crippen LogP contribution in [0.3, 0.4) is 0 Å². The van der Waals surface area contributed by atoms with Crippen LogP contribution in [-0.2, 0) is 13.0 Å². The molecule has 0 unspecified atom stereocenters. The zero-order chi connectivity index (χ0) is 17.2. The molecule has 0 radical (unpaired) electrons. The molecule has 6 nitrogen and oxygen atoms in total. The Morgan fingerprint density at radius 2 is 1.96 bits per heavy atom. The predicted octanol–water partition coefficient (Wildman–Crippen LogP) is 2.93. The third kappa shape index (κ3) is 2.88. The largest absolute Gasteiger partial charge is 0.390 e. The highest BCUT2D eigenvalue weighted by Crippen LogP contribution is 2.24. The number of aryl methyl sites for hydroxylation is 1. The molecule has 0 spiro atoms. The smallest absolute Gasteiger partial charge is 0.159 e. The van der Waals surface area contributed by atoms with Gasteiger partial charge in [0.15, 0.2) is 11.6 Å². The van der Waals surface area contributed by atoms with Gasteiger partial charge in [0.25, 0.3) is 0 Å². The van der Waals surface area contributed by atoms with E-state index < -0.39 is 0 Å². The number of benzene rings is 1. The maximum Gasteiger partial charge on any atom is 0.159 e. The van der Waals surface area contributed by atoms with E-state index in [-0.39, 0.29) is 6.61 Å². The molecule has 6 heteroatoms. The molecule has 25 heavy (non-hydrogen) atoms. The van der Waals surface area contributed by atoms with Gasteiger partial charge in [-0.2, -0.15) is 5.10 Å². The van der Waals surface area contributed by atoms with Crippen LogP contribution in [0, 0.1) is 0 Å². The van der Waals surface area contributed by atoms with Crippen molar-refractivity contribution < 1.29 is 5.11 Å². The Hall–Kier alpha value is -3.12. The van der Waals surface area contributed by atoms with Crippen molar-refractivity contribution in [2.24, 2.45) is 0 Å². The summed E-state index contributed by atoms with van der Waals surface area (Å²) in [5.41, 5.74) is 3.47. The topological polar surface area (TPSA) is 76.7 Å². The molecule has 0 saturated heterocycles. The molecule has 0 bridgehead atoms. The Morgan fingerprint density at radius 3 is 2.80 bits per heavy atom. The molecule has 4 aromatic rings. The minimum Gasteiger partial charge on any atom is -0.390 e. The molecular weight excluding hydrogens is 314 g/mol. The van der Waals surface area contributed by atoms with E-state index in [1.54, 1.807) is 23.1 Å². The summed E-state index contributed by atoms with van der Waals surface area (Å²) >= 11 is 0. The molecule has 0 aliphatic carbocycles. The van der Waals surface area contributed by atoms with Crippen molar-refractivity contribution in [3.8, 4) is 17.2 Å². The average Bonchev–Trinajstić information content (AvgIpc) is 3.11. The minimum absolute atomic E-state index is 0.101. The fourth-order valence-electron chi connectivity index (χ4n) is 2.75. The van der Waals surface area contributed by atoms with Crippen molar-refractivity contribution in [3.63, 3.8) is 0 Å². The molecule has 1 aromatic carbocycles. The van der Waals surface area contributed by atoms with Crippen molar-refractivity contribution in [2.45, 2.75) is 20.0 Å². The predicted molar refractivity (Wildman–Crippen MR) is 95.2 cm³/mol. The van der Waals surface area contributed by atoms with Crippen molar-refractivity contribution in [2.75, 3.05) is 0 Å². The molecule has 3 aromatic heterocycles. The summed E-state index contributed by atoms with van der Waals surface area (Å²) in [4.78, 5) is 13.4.